The van der Waals surface area contributed by atoms with E-state index in [0.717, 1.165) is 43.5 Å². The molecule has 0 aromatic heterocycles. The highest BCUT2D eigenvalue weighted by Crippen LogP contribution is 2.31. The summed E-state index contributed by atoms with van der Waals surface area (Å²) in [7, 11) is 0. The molecule has 2 unspecified atom stereocenters. The zero-order valence-corrected chi connectivity index (χ0v) is 17.4. The molecule has 0 heterocycles. The van der Waals surface area contributed by atoms with Crippen LogP contribution >= 0.6 is 0 Å². The third-order valence-electron chi connectivity index (χ3n) is 5.38. The number of esters is 2. The second kappa shape index (κ2) is 9.70. The number of hydrogen-bond donors (Lipinski definition) is 2. The standard InChI is InChI=1S/C23H24F3NO5/c1-13(27)20(28)16-7-10-19(17(11-16)12-31-21(29)14-3-2-4-14)32-22(30)15-5-8-18(9-6-15)23(24,25)26/h5-11,13-14,20,28H,2-4,12,27H2,1H3. The fourth-order valence-electron chi connectivity index (χ4n) is 3.16. The van der Waals surface area contributed by atoms with Crippen LogP contribution in [0.4, 0.5) is 13.2 Å². The Morgan fingerprint density at radius 1 is 1.16 bits per heavy atom. The van der Waals surface area contributed by atoms with Gasteiger partial charge in [-0.2, -0.15) is 13.2 Å². The number of carbonyl (C=O) groups excluding carboxylic acids is 2. The van der Waals surface area contributed by atoms with Gasteiger partial charge in [0.25, 0.3) is 0 Å². The largest absolute Gasteiger partial charge is 0.460 e. The van der Waals surface area contributed by atoms with E-state index in [1.807, 2.05) is 0 Å². The van der Waals surface area contributed by atoms with Gasteiger partial charge >= 0.3 is 18.1 Å². The van der Waals surface area contributed by atoms with E-state index in [1.54, 1.807) is 6.92 Å². The summed E-state index contributed by atoms with van der Waals surface area (Å²) < 4.78 is 48.9. The molecule has 1 aliphatic rings. The van der Waals surface area contributed by atoms with E-state index in [0.29, 0.717) is 11.1 Å². The molecule has 0 amide bonds. The molecule has 2 aromatic carbocycles. The first-order chi connectivity index (χ1) is 15.1. The molecule has 9 heteroatoms. The lowest BCUT2D eigenvalue weighted by Crippen LogP contribution is -2.25. The number of hydrogen-bond acceptors (Lipinski definition) is 6. The van der Waals surface area contributed by atoms with Gasteiger partial charge in [-0.15, -0.1) is 0 Å². The third-order valence-corrected chi connectivity index (χ3v) is 5.38. The SMILES string of the molecule is CC(N)C(O)c1ccc(OC(=O)c2ccc(C(F)(F)F)cc2)c(COC(=O)C2CCC2)c1. The third kappa shape index (κ3) is 5.66. The molecule has 2 aromatic rings. The fourth-order valence-corrected chi connectivity index (χ4v) is 3.16. The minimum Gasteiger partial charge on any atom is -0.460 e. The number of nitrogens with two attached hydrogens (primary N) is 1. The lowest BCUT2D eigenvalue weighted by atomic mass is 9.86. The van der Waals surface area contributed by atoms with Gasteiger partial charge in [-0.1, -0.05) is 12.5 Å². The molecule has 2 atom stereocenters. The lowest BCUT2D eigenvalue weighted by Gasteiger charge is -2.23. The normalized spacial score (nSPS) is 16.1. The van der Waals surface area contributed by atoms with Crippen molar-refractivity contribution in [1.29, 1.82) is 0 Å². The van der Waals surface area contributed by atoms with E-state index in [4.69, 9.17) is 15.2 Å². The van der Waals surface area contributed by atoms with Crippen molar-refractivity contribution in [2.24, 2.45) is 11.7 Å². The molecule has 1 saturated carbocycles. The number of ether oxygens (including phenoxy) is 2. The van der Waals surface area contributed by atoms with E-state index in [2.05, 4.69) is 0 Å². The molecule has 0 aliphatic heterocycles. The Kier molecular flexibility index (Phi) is 7.20. The van der Waals surface area contributed by atoms with E-state index < -0.39 is 29.9 Å². The van der Waals surface area contributed by atoms with E-state index in [9.17, 15) is 27.9 Å². The molecule has 6 nitrogen and oxygen atoms in total. The van der Waals surface area contributed by atoms with Crippen LogP contribution in [0.5, 0.6) is 5.75 Å². The van der Waals surface area contributed by atoms with Gasteiger partial charge in [0.05, 0.1) is 23.1 Å². The van der Waals surface area contributed by atoms with Gasteiger partial charge in [0.1, 0.15) is 12.4 Å². The van der Waals surface area contributed by atoms with Crippen molar-refractivity contribution in [2.75, 3.05) is 0 Å². The first-order valence-corrected chi connectivity index (χ1v) is 10.2. The van der Waals surface area contributed by atoms with Crippen LogP contribution in [-0.4, -0.2) is 23.1 Å². The molecule has 0 radical (unpaired) electrons. The van der Waals surface area contributed by atoms with Crippen LogP contribution in [0.25, 0.3) is 0 Å². The highest BCUT2D eigenvalue weighted by molar-refractivity contribution is 5.91. The second-order valence-corrected chi connectivity index (χ2v) is 7.87. The average Bonchev–Trinajstić information content (AvgIpc) is 2.70. The Morgan fingerprint density at radius 3 is 2.34 bits per heavy atom. The van der Waals surface area contributed by atoms with Crippen LogP contribution in [0, 0.1) is 5.92 Å². The number of halogens is 3. The summed E-state index contributed by atoms with van der Waals surface area (Å²) in [5.74, 6) is -1.30. The van der Waals surface area contributed by atoms with Crippen LogP contribution in [-0.2, 0) is 22.3 Å². The molecule has 0 bridgehead atoms. The Hall–Kier alpha value is -2.91. The van der Waals surface area contributed by atoms with Gasteiger partial charge < -0.3 is 20.3 Å². The first kappa shape index (κ1) is 23.7. The van der Waals surface area contributed by atoms with E-state index in [-0.39, 0.29) is 29.8 Å². The zero-order valence-electron chi connectivity index (χ0n) is 17.4. The highest BCUT2D eigenvalue weighted by atomic mass is 19.4. The molecular weight excluding hydrogens is 427 g/mol. The van der Waals surface area contributed by atoms with Crippen molar-refractivity contribution < 1.29 is 37.3 Å². The van der Waals surface area contributed by atoms with Crippen molar-refractivity contribution in [1.82, 2.24) is 0 Å². The molecule has 1 fully saturated rings. The van der Waals surface area contributed by atoms with Crippen LogP contribution in [0.15, 0.2) is 42.5 Å². The fraction of sp³-hybridized carbons (Fsp3) is 0.391. The molecule has 3 N–H and O–H groups in total. The topological polar surface area (TPSA) is 98.9 Å². The maximum Gasteiger partial charge on any atom is 0.416 e. The molecule has 0 spiro atoms. The monoisotopic (exact) mass is 451 g/mol. The van der Waals surface area contributed by atoms with E-state index >= 15 is 0 Å². The quantitative estimate of drug-likeness (QED) is 0.485. The van der Waals surface area contributed by atoms with Gasteiger partial charge in [0.15, 0.2) is 0 Å². The molecule has 0 saturated heterocycles. The van der Waals surface area contributed by atoms with Crippen LogP contribution in [0.3, 0.4) is 0 Å². The van der Waals surface area contributed by atoms with Gasteiger partial charge in [-0.25, -0.2) is 4.79 Å². The maximum absolute atomic E-state index is 12.7. The number of alkyl halides is 3. The Balaban J connectivity index is 1.80. The summed E-state index contributed by atoms with van der Waals surface area (Å²) in [5.41, 5.74) is 5.56. The van der Waals surface area contributed by atoms with Gasteiger partial charge in [-0.3, -0.25) is 4.79 Å². The number of benzene rings is 2. The van der Waals surface area contributed by atoms with Crippen molar-refractivity contribution >= 4 is 11.9 Å². The molecule has 3 rings (SSSR count). The van der Waals surface area contributed by atoms with Crippen LogP contribution in [0.2, 0.25) is 0 Å². The van der Waals surface area contributed by atoms with Crippen LogP contribution < -0.4 is 10.5 Å². The number of aliphatic hydroxyl groups is 1. The number of carbonyl (C=O) groups is 2. The van der Waals surface area contributed by atoms with E-state index in [1.165, 1.54) is 18.2 Å². The zero-order chi connectivity index (χ0) is 23.5. The molecule has 32 heavy (non-hydrogen) atoms. The predicted octanol–water partition coefficient (Wildman–Crippen LogP) is 4.15. The smallest absolute Gasteiger partial charge is 0.416 e. The van der Waals surface area contributed by atoms with Crippen molar-refractivity contribution in [2.45, 2.75) is 51.1 Å². The minimum atomic E-state index is -4.52. The molecule has 172 valence electrons. The van der Waals surface area contributed by atoms with Crippen molar-refractivity contribution in [3.8, 4) is 5.75 Å². The summed E-state index contributed by atoms with van der Waals surface area (Å²) in [6.07, 6.45) is -3.02. The Bertz CT molecular complexity index is 969. The summed E-state index contributed by atoms with van der Waals surface area (Å²) in [6, 6.07) is 7.53. The summed E-state index contributed by atoms with van der Waals surface area (Å²) >= 11 is 0. The predicted molar refractivity (Wildman–Crippen MR) is 109 cm³/mol. The number of aliphatic hydroxyl groups excluding tert-OH is 1. The maximum atomic E-state index is 12.7. The van der Waals surface area contributed by atoms with Crippen molar-refractivity contribution in [3.05, 3.63) is 64.7 Å². The summed E-state index contributed by atoms with van der Waals surface area (Å²) in [6.45, 7) is 1.43. The van der Waals surface area contributed by atoms with Gasteiger partial charge in [0.2, 0.25) is 0 Å². The number of rotatable bonds is 7. The second-order valence-electron chi connectivity index (χ2n) is 7.87. The van der Waals surface area contributed by atoms with Gasteiger partial charge in [-0.05, 0) is 61.7 Å². The Morgan fingerprint density at radius 2 is 1.81 bits per heavy atom. The van der Waals surface area contributed by atoms with Crippen LogP contribution in [0.1, 0.15) is 59.3 Å². The summed E-state index contributed by atoms with van der Waals surface area (Å²) in [4.78, 5) is 24.6. The molecular formula is C23H24F3NO5. The average molecular weight is 451 g/mol. The minimum absolute atomic E-state index is 0.0666. The molecule has 1 aliphatic carbocycles. The first-order valence-electron chi connectivity index (χ1n) is 10.2. The highest BCUT2D eigenvalue weighted by Gasteiger charge is 2.30. The summed E-state index contributed by atoms with van der Waals surface area (Å²) in [5, 5.41) is 10.2. The Labute approximate surface area is 183 Å². The van der Waals surface area contributed by atoms with Crippen molar-refractivity contribution in [3.63, 3.8) is 0 Å². The van der Waals surface area contributed by atoms with Gasteiger partial charge in [0, 0.05) is 11.6 Å². The lowest BCUT2D eigenvalue weighted by molar-refractivity contribution is -0.152.